The summed E-state index contributed by atoms with van der Waals surface area (Å²) in [5, 5.41) is 2.97. The van der Waals surface area contributed by atoms with Crippen molar-refractivity contribution in [2.24, 2.45) is 7.05 Å². The quantitative estimate of drug-likeness (QED) is 0.764. The first-order valence-electron chi connectivity index (χ1n) is 9.07. The van der Waals surface area contributed by atoms with Gasteiger partial charge in [-0.05, 0) is 18.2 Å². The van der Waals surface area contributed by atoms with Crippen LogP contribution in [0.25, 0.3) is 11.0 Å². The molecule has 27 heavy (non-hydrogen) atoms. The number of para-hydroxylation sites is 2. The third-order valence-corrected chi connectivity index (χ3v) is 4.82. The molecule has 3 heterocycles. The van der Waals surface area contributed by atoms with Crippen LogP contribution in [0, 0.1) is 0 Å². The number of imidazole rings is 1. The number of carbonyl (C=O) groups is 1. The van der Waals surface area contributed by atoms with Gasteiger partial charge in [-0.2, -0.15) is 0 Å². The normalized spacial score (nSPS) is 15.1. The second-order valence-corrected chi connectivity index (χ2v) is 6.57. The summed E-state index contributed by atoms with van der Waals surface area (Å²) in [4.78, 5) is 27.0. The molecule has 2 aromatic heterocycles. The maximum Gasteiger partial charge on any atom is 0.317 e. The molecule has 1 N–H and O–H groups in total. The highest BCUT2D eigenvalue weighted by molar-refractivity contribution is 5.76. The van der Waals surface area contributed by atoms with Gasteiger partial charge in [0.05, 0.1) is 17.6 Å². The number of rotatable bonds is 4. The molecule has 0 atom stereocenters. The number of nitrogens with zero attached hydrogens (tertiary/aromatic N) is 5. The van der Waals surface area contributed by atoms with Crippen LogP contribution in [0.3, 0.4) is 0 Å². The van der Waals surface area contributed by atoms with Gasteiger partial charge in [0.2, 0.25) is 0 Å². The van der Waals surface area contributed by atoms with Crippen molar-refractivity contribution >= 4 is 17.1 Å². The number of ether oxygens (including phenoxy) is 1. The molecule has 8 nitrogen and oxygen atoms in total. The van der Waals surface area contributed by atoms with Crippen molar-refractivity contribution in [1.29, 1.82) is 0 Å². The first-order valence-corrected chi connectivity index (χ1v) is 9.07. The first-order chi connectivity index (χ1) is 13.2. The molecule has 8 heteroatoms. The van der Waals surface area contributed by atoms with Gasteiger partial charge < -0.3 is 19.5 Å². The number of likely N-dealkylation sites (tertiary alicyclic amines) is 1. The topological polar surface area (TPSA) is 85.2 Å². The molecule has 0 spiro atoms. The van der Waals surface area contributed by atoms with Crippen molar-refractivity contribution in [3.63, 3.8) is 0 Å². The van der Waals surface area contributed by atoms with Crippen molar-refractivity contribution in [1.82, 2.24) is 29.7 Å². The Bertz CT molecular complexity index is 918. The number of urea groups is 1. The summed E-state index contributed by atoms with van der Waals surface area (Å²) < 4.78 is 7.78. The van der Waals surface area contributed by atoms with E-state index < -0.39 is 0 Å². The monoisotopic (exact) mass is 366 g/mol. The van der Waals surface area contributed by atoms with Gasteiger partial charge in [-0.25, -0.2) is 19.7 Å². The number of nitrogens with one attached hydrogen (secondary N) is 1. The Morgan fingerprint density at radius 2 is 1.93 bits per heavy atom. The molecule has 0 unspecified atom stereocenters. The van der Waals surface area contributed by atoms with Gasteiger partial charge in [0.1, 0.15) is 11.9 Å². The van der Waals surface area contributed by atoms with Crippen LogP contribution in [0.15, 0.2) is 42.7 Å². The average molecular weight is 366 g/mol. The van der Waals surface area contributed by atoms with E-state index in [0.29, 0.717) is 25.6 Å². The molecule has 1 aromatic carbocycles. The van der Waals surface area contributed by atoms with Gasteiger partial charge >= 0.3 is 12.0 Å². The lowest BCUT2D eigenvalue weighted by Gasteiger charge is -2.31. The zero-order chi connectivity index (χ0) is 18.6. The Hall–Kier alpha value is -3.16. The van der Waals surface area contributed by atoms with Crippen LogP contribution in [0.2, 0.25) is 0 Å². The zero-order valence-corrected chi connectivity index (χ0v) is 15.2. The number of aryl methyl sites for hydroxylation is 1. The Morgan fingerprint density at radius 3 is 2.67 bits per heavy atom. The van der Waals surface area contributed by atoms with E-state index in [4.69, 9.17) is 4.74 Å². The lowest BCUT2D eigenvalue weighted by Crippen LogP contribution is -2.46. The Kier molecular flexibility index (Phi) is 4.86. The van der Waals surface area contributed by atoms with Crippen molar-refractivity contribution < 1.29 is 9.53 Å². The maximum atomic E-state index is 12.5. The molecule has 140 valence electrons. The van der Waals surface area contributed by atoms with Gasteiger partial charge in [0, 0.05) is 45.4 Å². The highest BCUT2D eigenvalue weighted by Crippen LogP contribution is 2.16. The van der Waals surface area contributed by atoms with Crippen LogP contribution in [-0.4, -0.2) is 49.6 Å². The molecule has 1 fully saturated rings. The standard InChI is InChI=1S/C19H22N6O2/c1-24-16-6-3-2-5-15(16)23-17(24)13-22-19(26)25-11-7-14(8-12-25)27-18-20-9-4-10-21-18/h2-6,9-10,14H,7-8,11-13H2,1H3,(H,22,26). The van der Waals surface area contributed by atoms with Crippen LogP contribution in [0.5, 0.6) is 6.01 Å². The number of aromatic nitrogens is 4. The number of piperidine rings is 1. The minimum Gasteiger partial charge on any atom is -0.460 e. The molecule has 4 rings (SSSR count). The molecule has 0 bridgehead atoms. The third-order valence-electron chi connectivity index (χ3n) is 4.82. The molecule has 1 aliphatic heterocycles. The molecule has 2 amide bonds. The van der Waals surface area contributed by atoms with E-state index in [9.17, 15) is 4.79 Å². The molecular formula is C19H22N6O2. The predicted molar refractivity (Wildman–Crippen MR) is 100 cm³/mol. The number of hydrogen-bond donors (Lipinski definition) is 1. The van der Waals surface area contributed by atoms with Crippen LogP contribution in [-0.2, 0) is 13.6 Å². The number of benzene rings is 1. The smallest absolute Gasteiger partial charge is 0.317 e. The van der Waals surface area contributed by atoms with Crippen molar-refractivity contribution in [2.75, 3.05) is 13.1 Å². The summed E-state index contributed by atoms with van der Waals surface area (Å²) in [5.41, 5.74) is 1.99. The minimum absolute atomic E-state index is 0.0382. The summed E-state index contributed by atoms with van der Waals surface area (Å²) in [5.74, 6) is 0.837. The summed E-state index contributed by atoms with van der Waals surface area (Å²) in [6.45, 7) is 1.69. The summed E-state index contributed by atoms with van der Waals surface area (Å²) in [6.07, 6.45) is 4.88. The van der Waals surface area contributed by atoms with Crippen LogP contribution in [0.4, 0.5) is 4.79 Å². The van der Waals surface area contributed by atoms with Gasteiger partial charge in [0.25, 0.3) is 0 Å². The van der Waals surface area contributed by atoms with Gasteiger partial charge in [-0.1, -0.05) is 12.1 Å². The largest absolute Gasteiger partial charge is 0.460 e. The van der Waals surface area contributed by atoms with E-state index in [1.807, 2.05) is 40.8 Å². The molecule has 0 radical (unpaired) electrons. The SMILES string of the molecule is Cn1c(CNC(=O)N2CCC(Oc3ncccn3)CC2)nc2ccccc21. The van der Waals surface area contributed by atoms with E-state index in [-0.39, 0.29) is 12.1 Å². The average Bonchev–Trinajstić information content (AvgIpc) is 3.03. The Morgan fingerprint density at radius 1 is 1.19 bits per heavy atom. The van der Waals surface area contributed by atoms with Gasteiger partial charge in [0.15, 0.2) is 0 Å². The van der Waals surface area contributed by atoms with Crippen LogP contribution < -0.4 is 10.1 Å². The van der Waals surface area contributed by atoms with E-state index in [0.717, 1.165) is 29.7 Å². The first kappa shape index (κ1) is 17.3. The number of amides is 2. The molecule has 3 aromatic rings. The minimum atomic E-state index is -0.0727. The molecular weight excluding hydrogens is 344 g/mol. The van der Waals surface area contributed by atoms with Gasteiger partial charge in [-0.3, -0.25) is 0 Å². The number of fused-ring (bicyclic) bond motifs is 1. The summed E-state index contributed by atoms with van der Waals surface area (Å²) >= 11 is 0. The maximum absolute atomic E-state index is 12.5. The fraction of sp³-hybridized carbons (Fsp3) is 0.368. The Labute approximate surface area is 157 Å². The Balaban J connectivity index is 1.28. The number of carbonyl (C=O) groups excluding carboxylic acids is 1. The highest BCUT2D eigenvalue weighted by atomic mass is 16.5. The molecule has 1 aliphatic rings. The van der Waals surface area contributed by atoms with Crippen molar-refractivity contribution in [3.05, 3.63) is 48.5 Å². The zero-order valence-electron chi connectivity index (χ0n) is 15.2. The summed E-state index contributed by atoms with van der Waals surface area (Å²) in [6, 6.07) is 10.0. The predicted octanol–water partition coefficient (Wildman–Crippen LogP) is 2.12. The lowest BCUT2D eigenvalue weighted by molar-refractivity contribution is 0.103. The van der Waals surface area contributed by atoms with Crippen molar-refractivity contribution in [3.8, 4) is 6.01 Å². The van der Waals surface area contributed by atoms with E-state index in [1.165, 1.54) is 0 Å². The molecule has 0 aliphatic carbocycles. The van der Waals surface area contributed by atoms with Gasteiger partial charge in [-0.15, -0.1) is 0 Å². The fourth-order valence-corrected chi connectivity index (χ4v) is 3.29. The highest BCUT2D eigenvalue weighted by Gasteiger charge is 2.24. The van der Waals surface area contributed by atoms with E-state index in [2.05, 4.69) is 20.3 Å². The van der Waals surface area contributed by atoms with Crippen molar-refractivity contribution in [2.45, 2.75) is 25.5 Å². The van der Waals surface area contributed by atoms with Crippen LogP contribution >= 0.6 is 0 Å². The fourth-order valence-electron chi connectivity index (χ4n) is 3.29. The van der Waals surface area contributed by atoms with E-state index >= 15 is 0 Å². The molecule has 1 saturated heterocycles. The second kappa shape index (κ2) is 7.61. The van der Waals surface area contributed by atoms with E-state index in [1.54, 1.807) is 18.5 Å². The van der Waals surface area contributed by atoms with Crippen LogP contribution in [0.1, 0.15) is 18.7 Å². The second-order valence-electron chi connectivity index (χ2n) is 6.57. The third kappa shape index (κ3) is 3.84. The molecule has 0 saturated carbocycles. The summed E-state index contributed by atoms with van der Waals surface area (Å²) in [7, 11) is 1.96. The number of hydrogen-bond acceptors (Lipinski definition) is 5. The lowest BCUT2D eigenvalue weighted by atomic mass is 10.1.